The van der Waals surface area contributed by atoms with Crippen molar-refractivity contribution in [1.29, 1.82) is 0 Å². The second-order valence-electron chi connectivity index (χ2n) is 7.31. The number of carbonyl (C=O) groups excluding carboxylic acids is 2. The molecule has 0 fully saturated rings. The predicted octanol–water partition coefficient (Wildman–Crippen LogP) is 3.10. The van der Waals surface area contributed by atoms with E-state index in [0.717, 1.165) is 24.8 Å². The first-order valence-corrected chi connectivity index (χ1v) is 10.7. The van der Waals surface area contributed by atoms with Gasteiger partial charge in [-0.05, 0) is 43.5 Å². The lowest BCUT2D eigenvalue weighted by Gasteiger charge is -2.24. The number of nitrogens with zero attached hydrogens (tertiary/aromatic N) is 1. The predicted molar refractivity (Wildman–Crippen MR) is 124 cm³/mol. The Morgan fingerprint density at radius 1 is 1.06 bits per heavy atom. The number of ether oxygens (including phenoxy) is 3. The zero-order valence-electron chi connectivity index (χ0n) is 18.8. The van der Waals surface area contributed by atoms with Gasteiger partial charge in [0.25, 0.3) is 5.91 Å². The van der Waals surface area contributed by atoms with Crippen LogP contribution in [0.2, 0.25) is 0 Å². The zero-order valence-corrected chi connectivity index (χ0v) is 18.8. The summed E-state index contributed by atoms with van der Waals surface area (Å²) in [6.07, 6.45) is 2.22. The van der Waals surface area contributed by atoms with Gasteiger partial charge in [0.2, 0.25) is 0 Å². The summed E-state index contributed by atoms with van der Waals surface area (Å²) in [7, 11) is 3.11. The minimum absolute atomic E-state index is 0.0148. The van der Waals surface area contributed by atoms with Crippen molar-refractivity contribution >= 4 is 17.7 Å². The first-order chi connectivity index (χ1) is 15.5. The van der Waals surface area contributed by atoms with Gasteiger partial charge in [-0.2, -0.15) is 0 Å². The van der Waals surface area contributed by atoms with E-state index >= 15 is 0 Å². The highest BCUT2D eigenvalue weighted by molar-refractivity contribution is 5.98. The lowest BCUT2D eigenvalue weighted by atomic mass is 10.2. The Morgan fingerprint density at radius 3 is 2.56 bits per heavy atom. The monoisotopic (exact) mass is 443 g/mol. The number of nitrogens with one attached hydrogen (secondary N) is 1. The van der Waals surface area contributed by atoms with Gasteiger partial charge in [0.05, 0.1) is 13.2 Å². The molecule has 2 rings (SSSR count). The van der Waals surface area contributed by atoms with E-state index in [1.807, 2.05) is 42.5 Å². The minimum atomic E-state index is -0.894. The number of hydrogen-bond acceptors (Lipinski definition) is 6. The van der Waals surface area contributed by atoms with Gasteiger partial charge in [0.15, 0.2) is 0 Å². The lowest BCUT2D eigenvalue weighted by molar-refractivity contribution is -0.121. The Labute approximate surface area is 189 Å². The number of benzene rings is 2. The van der Waals surface area contributed by atoms with Gasteiger partial charge in [0.1, 0.15) is 18.4 Å². The smallest absolute Gasteiger partial charge is 0.408 e. The van der Waals surface area contributed by atoms with Gasteiger partial charge in [-0.25, -0.2) is 4.79 Å². The number of methoxy groups -OCH3 is 1. The summed E-state index contributed by atoms with van der Waals surface area (Å²) in [5.74, 6) is 0.344. The number of unbranched alkanes of at least 4 members (excludes halogenated alkanes) is 2. The van der Waals surface area contributed by atoms with E-state index in [1.165, 1.54) is 12.0 Å². The van der Waals surface area contributed by atoms with Crippen LogP contribution < -0.4 is 20.7 Å². The van der Waals surface area contributed by atoms with Crippen LogP contribution >= 0.6 is 0 Å². The molecule has 8 heteroatoms. The highest BCUT2D eigenvalue weighted by atomic mass is 16.5. The molecule has 0 aromatic heterocycles. The third-order valence-electron chi connectivity index (χ3n) is 4.79. The maximum atomic E-state index is 13.0. The summed E-state index contributed by atoms with van der Waals surface area (Å²) in [6, 6.07) is 15.7. The molecule has 0 unspecified atom stereocenters. The van der Waals surface area contributed by atoms with E-state index in [1.54, 1.807) is 19.2 Å². The van der Waals surface area contributed by atoms with Crippen molar-refractivity contribution in [3.05, 3.63) is 60.2 Å². The fourth-order valence-electron chi connectivity index (χ4n) is 3.00. The third-order valence-corrected chi connectivity index (χ3v) is 4.79. The second-order valence-corrected chi connectivity index (χ2v) is 7.31. The normalized spacial score (nSPS) is 11.5. The number of likely N-dealkylation sites (N-methyl/N-ethyl adjacent to an activating group) is 1. The largest absolute Gasteiger partial charge is 0.494 e. The van der Waals surface area contributed by atoms with Crippen LogP contribution in [0.25, 0.3) is 0 Å². The molecule has 2 aromatic rings. The SMILES string of the molecule is COC[C@H](NC(=O)OCc1ccccc1)C(=O)N(C)c1cccc(OCCCCCN)c1. The molecule has 174 valence electrons. The van der Waals surface area contributed by atoms with Crippen LogP contribution in [0.4, 0.5) is 10.5 Å². The quantitative estimate of drug-likeness (QED) is 0.461. The van der Waals surface area contributed by atoms with E-state index in [-0.39, 0.29) is 19.1 Å². The number of rotatable bonds is 13. The molecule has 0 bridgehead atoms. The number of carbonyl (C=O) groups is 2. The molecule has 3 N–H and O–H groups in total. The highest BCUT2D eigenvalue weighted by Crippen LogP contribution is 2.21. The number of alkyl carbamates (subject to hydrolysis) is 1. The van der Waals surface area contributed by atoms with Gasteiger partial charge < -0.3 is 30.2 Å². The maximum Gasteiger partial charge on any atom is 0.408 e. The molecule has 1 atom stereocenters. The zero-order chi connectivity index (χ0) is 23.2. The molecule has 2 aromatic carbocycles. The molecule has 0 heterocycles. The summed E-state index contributed by atoms with van der Waals surface area (Å²) in [5, 5.41) is 2.59. The Bertz CT molecular complexity index is 831. The summed E-state index contributed by atoms with van der Waals surface area (Å²) < 4.78 is 16.1. The molecule has 0 spiro atoms. The molecule has 0 aliphatic carbocycles. The summed E-state index contributed by atoms with van der Waals surface area (Å²) in [6.45, 7) is 1.39. The number of anilines is 1. The topological polar surface area (TPSA) is 103 Å². The number of nitrogens with two attached hydrogens (primary N) is 1. The van der Waals surface area contributed by atoms with Crippen LogP contribution in [0.5, 0.6) is 5.75 Å². The average Bonchev–Trinajstić information content (AvgIpc) is 2.82. The summed E-state index contributed by atoms with van der Waals surface area (Å²) in [5.41, 5.74) is 7.01. The molecule has 0 radical (unpaired) electrons. The fourth-order valence-corrected chi connectivity index (χ4v) is 3.00. The van der Waals surface area contributed by atoms with E-state index in [9.17, 15) is 9.59 Å². The highest BCUT2D eigenvalue weighted by Gasteiger charge is 2.25. The second kappa shape index (κ2) is 14.1. The van der Waals surface area contributed by atoms with Gasteiger partial charge >= 0.3 is 6.09 Å². The van der Waals surface area contributed by atoms with Crippen LogP contribution in [0.1, 0.15) is 24.8 Å². The first kappa shape index (κ1) is 25.2. The van der Waals surface area contributed by atoms with Crippen molar-refractivity contribution < 1.29 is 23.8 Å². The van der Waals surface area contributed by atoms with Gasteiger partial charge in [-0.3, -0.25) is 4.79 Å². The van der Waals surface area contributed by atoms with Crippen molar-refractivity contribution in [2.45, 2.75) is 31.9 Å². The van der Waals surface area contributed by atoms with E-state index in [4.69, 9.17) is 19.9 Å². The van der Waals surface area contributed by atoms with Gasteiger partial charge in [0, 0.05) is 25.9 Å². The first-order valence-electron chi connectivity index (χ1n) is 10.7. The molecule has 0 aliphatic rings. The van der Waals surface area contributed by atoms with Crippen molar-refractivity contribution in [2.24, 2.45) is 5.73 Å². The van der Waals surface area contributed by atoms with Crippen LogP contribution in [-0.2, 0) is 20.9 Å². The number of hydrogen-bond donors (Lipinski definition) is 2. The Morgan fingerprint density at radius 2 is 1.84 bits per heavy atom. The molecule has 32 heavy (non-hydrogen) atoms. The summed E-state index contributed by atoms with van der Waals surface area (Å²) in [4.78, 5) is 26.7. The Kier molecular flexibility index (Phi) is 11.1. The summed E-state index contributed by atoms with van der Waals surface area (Å²) >= 11 is 0. The van der Waals surface area contributed by atoms with E-state index < -0.39 is 12.1 Å². The van der Waals surface area contributed by atoms with Crippen molar-refractivity contribution in [3.63, 3.8) is 0 Å². The third kappa shape index (κ3) is 8.56. The van der Waals surface area contributed by atoms with Gasteiger partial charge in [-0.15, -0.1) is 0 Å². The fraction of sp³-hybridized carbons (Fsp3) is 0.417. The minimum Gasteiger partial charge on any atom is -0.494 e. The lowest BCUT2D eigenvalue weighted by Crippen LogP contribution is -2.50. The molecular formula is C24H33N3O5. The van der Waals surface area contributed by atoms with Crippen LogP contribution in [-0.4, -0.2) is 52.0 Å². The molecular weight excluding hydrogens is 410 g/mol. The standard InChI is InChI=1S/C24H33N3O5/c1-27(20-12-9-13-21(16-20)31-15-8-4-7-14-25)23(28)22(18-30-2)26-24(29)32-17-19-10-5-3-6-11-19/h3,5-6,9-13,16,22H,4,7-8,14-15,17-18,25H2,1-2H3,(H,26,29)/t22-/m0/s1. The molecule has 2 amide bonds. The van der Waals surface area contributed by atoms with Gasteiger partial charge in [-0.1, -0.05) is 36.4 Å². The number of amides is 2. The van der Waals surface area contributed by atoms with Crippen molar-refractivity contribution in [1.82, 2.24) is 5.32 Å². The van der Waals surface area contributed by atoms with Crippen molar-refractivity contribution in [3.8, 4) is 5.75 Å². The van der Waals surface area contributed by atoms with E-state index in [0.29, 0.717) is 24.6 Å². The molecule has 0 saturated carbocycles. The molecule has 8 nitrogen and oxygen atoms in total. The maximum absolute atomic E-state index is 13.0. The van der Waals surface area contributed by atoms with E-state index in [2.05, 4.69) is 5.32 Å². The average molecular weight is 444 g/mol. The Balaban J connectivity index is 1.93. The van der Waals surface area contributed by atoms with Crippen molar-refractivity contribution in [2.75, 3.05) is 38.8 Å². The van der Waals surface area contributed by atoms with Crippen LogP contribution in [0, 0.1) is 0 Å². The molecule has 0 saturated heterocycles. The Hall–Kier alpha value is -3.10. The van der Waals surface area contributed by atoms with Crippen LogP contribution in [0.15, 0.2) is 54.6 Å². The molecule has 0 aliphatic heterocycles. The van der Waals surface area contributed by atoms with Crippen LogP contribution in [0.3, 0.4) is 0 Å².